The second kappa shape index (κ2) is 5.98. The monoisotopic (exact) mass is 245 g/mol. The van der Waals surface area contributed by atoms with E-state index in [1.807, 2.05) is 6.92 Å². The van der Waals surface area contributed by atoms with Gasteiger partial charge in [0.25, 0.3) is 0 Å². The van der Waals surface area contributed by atoms with Crippen molar-refractivity contribution in [1.29, 1.82) is 0 Å². The van der Waals surface area contributed by atoms with Crippen LogP contribution in [-0.2, 0) is 9.59 Å². The van der Waals surface area contributed by atoms with E-state index < -0.39 is 24.1 Å². The van der Waals surface area contributed by atoms with Gasteiger partial charge in [-0.25, -0.2) is 9.18 Å². The van der Waals surface area contributed by atoms with Gasteiger partial charge in [-0.15, -0.1) is 0 Å². The van der Waals surface area contributed by atoms with E-state index in [4.69, 9.17) is 5.11 Å². The van der Waals surface area contributed by atoms with Crippen LogP contribution in [0.25, 0.3) is 0 Å². The third-order valence-electron chi connectivity index (χ3n) is 3.51. The van der Waals surface area contributed by atoms with Crippen LogP contribution in [0.4, 0.5) is 4.39 Å². The highest BCUT2D eigenvalue weighted by atomic mass is 19.1. The van der Waals surface area contributed by atoms with E-state index >= 15 is 0 Å². The van der Waals surface area contributed by atoms with Gasteiger partial charge in [0.2, 0.25) is 5.91 Å². The summed E-state index contributed by atoms with van der Waals surface area (Å²) in [6.07, 6.45) is 5.65. The molecule has 0 heterocycles. The minimum absolute atomic E-state index is 0.329. The zero-order chi connectivity index (χ0) is 12.9. The molecule has 1 fully saturated rings. The third kappa shape index (κ3) is 3.68. The zero-order valence-electron chi connectivity index (χ0n) is 10.2. The predicted molar refractivity (Wildman–Crippen MR) is 61.4 cm³/mol. The third-order valence-corrected chi connectivity index (χ3v) is 3.51. The minimum atomic E-state index is -1.41. The second-order valence-electron chi connectivity index (χ2n) is 4.99. The molecule has 98 valence electrons. The molecule has 0 aromatic carbocycles. The summed E-state index contributed by atoms with van der Waals surface area (Å²) in [4.78, 5) is 22.7. The fourth-order valence-corrected chi connectivity index (χ4v) is 2.23. The summed E-state index contributed by atoms with van der Waals surface area (Å²) < 4.78 is 12.4. The first-order chi connectivity index (χ1) is 7.99. The second-order valence-corrected chi connectivity index (χ2v) is 4.99. The van der Waals surface area contributed by atoms with E-state index in [1.165, 1.54) is 0 Å². The summed E-state index contributed by atoms with van der Waals surface area (Å²) in [6, 6.07) is -1.41. The van der Waals surface area contributed by atoms with Gasteiger partial charge in [-0.05, 0) is 12.8 Å². The highest BCUT2D eigenvalue weighted by Crippen LogP contribution is 2.34. The average molecular weight is 245 g/mol. The molecule has 1 saturated carbocycles. The Hall–Kier alpha value is -1.13. The Morgan fingerprint density at radius 1 is 1.29 bits per heavy atom. The topological polar surface area (TPSA) is 66.4 Å². The van der Waals surface area contributed by atoms with Gasteiger partial charge in [0.05, 0.1) is 0 Å². The van der Waals surface area contributed by atoms with Crippen LogP contribution in [0.5, 0.6) is 0 Å². The Balaban J connectivity index is 2.63. The number of nitrogens with one attached hydrogen (secondary N) is 1. The van der Waals surface area contributed by atoms with Crippen LogP contribution < -0.4 is 5.32 Å². The van der Waals surface area contributed by atoms with Crippen LogP contribution in [0.3, 0.4) is 0 Å². The van der Waals surface area contributed by atoms with Crippen molar-refractivity contribution in [3.63, 3.8) is 0 Å². The fourth-order valence-electron chi connectivity index (χ4n) is 2.23. The molecule has 0 radical (unpaired) electrons. The summed E-state index contributed by atoms with van der Waals surface area (Å²) in [6.45, 7) is 0.766. The van der Waals surface area contributed by atoms with Crippen molar-refractivity contribution >= 4 is 11.9 Å². The Bertz CT molecular complexity index is 285. The lowest BCUT2D eigenvalue weighted by atomic mass is 9.81. The van der Waals surface area contributed by atoms with E-state index in [-0.39, 0.29) is 5.91 Å². The lowest BCUT2D eigenvalue weighted by molar-refractivity contribution is -0.144. The summed E-state index contributed by atoms with van der Waals surface area (Å²) in [5.41, 5.74) is -0.542. The quantitative estimate of drug-likeness (QED) is 0.743. The van der Waals surface area contributed by atoms with E-state index in [1.54, 1.807) is 0 Å². The number of carboxylic acids is 1. The molecule has 0 spiro atoms. The molecule has 0 aliphatic heterocycles. The number of hydrogen-bond donors (Lipinski definition) is 2. The first kappa shape index (κ1) is 13.9. The maximum absolute atomic E-state index is 12.4. The lowest BCUT2D eigenvalue weighted by Gasteiger charge is -2.27. The average Bonchev–Trinajstić information content (AvgIpc) is 2.51. The molecule has 1 amide bonds. The minimum Gasteiger partial charge on any atom is -0.480 e. The van der Waals surface area contributed by atoms with Crippen molar-refractivity contribution in [1.82, 2.24) is 5.32 Å². The van der Waals surface area contributed by atoms with E-state index in [0.717, 1.165) is 38.5 Å². The van der Waals surface area contributed by atoms with Gasteiger partial charge in [-0.1, -0.05) is 32.6 Å². The summed E-state index contributed by atoms with van der Waals surface area (Å²) in [7, 11) is 0. The van der Waals surface area contributed by atoms with Gasteiger partial charge in [-0.3, -0.25) is 4.79 Å². The molecular weight excluding hydrogens is 225 g/mol. The van der Waals surface area contributed by atoms with Crippen molar-refractivity contribution in [3.8, 4) is 0 Å². The first-order valence-electron chi connectivity index (χ1n) is 6.09. The Kier molecular flexibility index (Phi) is 4.90. The van der Waals surface area contributed by atoms with Crippen LogP contribution in [0.1, 0.15) is 45.4 Å². The molecule has 1 aliphatic carbocycles. The normalized spacial score (nSPS) is 21.3. The molecule has 5 heteroatoms. The number of carbonyl (C=O) groups excluding carboxylic acids is 1. The molecule has 1 aliphatic rings. The van der Waals surface area contributed by atoms with Crippen LogP contribution in [0.15, 0.2) is 0 Å². The standard InChI is InChI=1S/C12H20FNO3/c1-12(6-4-2-3-5-7-12)11(17)14-9(8-13)10(15)16/h9H,2-8H2,1H3,(H,14,17)(H,15,16). The number of aliphatic carboxylic acids is 1. The molecule has 2 N–H and O–H groups in total. The van der Waals surface area contributed by atoms with Crippen molar-refractivity contribution in [2.45, 2.75) is 51.5 Å². The molecule has 0 aromatic rings. The van der Waals surface area contributed by atoms with Gasteiger partial charge < -0.3 is 10.4 Å². The largest absolute Gasteiger partial charge is 0.480 e. The molecule has 1 unspecified atom stereocenters. The van der Waals surface area contributed by atoms with Crippen LogP contribution in [0.2, 0.25) is 0 Å². The number of alkyl halides is 1. The Morgan fingerprint density at radius 2 is 1.82 bits per heavy atom. The summed E-state index contributed by atoms with van der Waals surface area (Å²) in [5.74, 6) is -1.65. The zero-order valence-corrected chi connectivity index (χ0v) is 10.2. The first-order valence-corrected chi connectivity index (χ1v) is 6.09. The van der Waals surface area contributed by atoms with Gasteiger partial charge in [0.1, 0.15) is 6.67 Å². The summed E-state index contributed by atoms with van der Waals surface area (Å²) >= 11 is 0. The number of carbonyl (C=O) groups is 2. The van der Waals surface area contributed by atoms with Gasteiger partial charge >= 0.3 is 5.97 Å². The maximum atomic E-state index is 12.4. The van der Waals surface area contributed by atoms with E-state index in [2.05, 4.69) is 5.32 Å². The van der Waals surface area contributed by atoms with E-state index in [0.29, 0.717) is 0 Å². The molecule has 17 heavy (non-hydrogen) atoms. The van der Waals surface area contributed by atoms with Gasteiger partial charge in [-0.2, -0.15) is 0 Å². The molecule has 0 aromatic heterocycles. The van der Waals surface area contributed by atoms with Gasteiger partial charge in [0.15, 0.2) is 6.04 Å². The fraction of sp³-hybridized carbons (Fsp3) is 0.833. The number of carboxylic acid groups (broad SMARTS) is 1. The molecular formula is C12H20FNO3. The lowest BCUT2D eigenvalue weighted by Crippen LogP contribution is -2.48. The number of rotatable bonds is 4. The molecule has 1 rings (SSSR count). The molecule has 0 saturated heterocycles. The highest BCUT2D eigenvalue weighted by Gasteiger charge is 2.35. The van der Waals surface area contributed by atoms with Crippen molar-refractivity contribution in [3.05, 3.63) is 0 Å². The maximum Gasteiger partial charge on any atom is 0.328 e. The van der Waals surface area contributed by atoms with Crippen molar-refractivity contribution in [2.24, 2.45) is 5.41 Å². The molecule has 0 bridgehead atoms. The smallest absolute Gasteiger partial charge is 0.328 e. The number of hydrogen-bond acceptors (Lipinski definition) is 2. The van der Waals surface area contributed by atoms with Crippen LogP contribution in [0, 0.1) is 5.41 Å². The number of halogens is 1. The Labute approximate surface area is 101 Å². The molecule has 4 nitrogen and oxygen atoms in total. The molecule has 1 atom stereocenters. The van der Waals surface area contributed by atoms with Gasteiger partial charge in [0, 0.05) is 5.41 Å². The summed E-state index contributed by atoms with van der Waals surface area (Å²) in [5, 5.41) is 11.0. The van der Waals surface area contributed by atoms with Crippen molar-refractivity contribution in [2.75, 3.05) is 6.67 Å². The predicted octanol–water partition coefficient (Wildman–Crippen LogP) is 1.89. The SMILES string of the molecule is CC1(C(=O)NC(CF)C(=O)O)CCCCCC1. The van der Waals surface area contributed by atoms with Crippen molar-refractivity contribution < 1.29 is 19.1 Å². The van der Waals surface area contributed by atoms with Crippen LogP contribution in [-0.4, -0.2) is 29.7 Å². The Morgan fingerprint density at radius 3 is 2.24 bits per heavy atom. The number of amides is 1. The highest BCUT2D eigenvalue weighted by molar-refractivity contribution is 5.87. The van der Waals surface area contributed by atoms with E-state index in [9.17, 15) is 14.0 Å². The van der Waals surface area contributed by atoms with Crippen LogP contribution >= 0.6 is 0 Å².